The molecule has 4 aliphatic rings. The van der Waals surface area contributed by atoms with Crippen LogP contribution in [0.25, 0.3) is 0 Å². The lowest BCUT2D eigenvalue weighted by molar-refractivity contribution is -0.118. The average molecular weight is 434 g/mol. The fourth-order valence-corrected chi connectivity index (χ4v) is 4.84. The Balaban J connectivity index is 1.49. The summed E-state index contributed by atoms with van der Waals surface area (Å²) in [7, 11) is 1.69. The number of fused-ring (bicyclic) bond motifs is 1. The molecule has 4 heterocycles. The second-order valence-electron chi connectivity index (χ2n) is 8.74. The maximum Gasteiger partial charge on any atom is 0.222 e. The van der Waals surface area contributed by atoms with Gasteiger partial charge in [-0.2, -0.15) is 5.26 Å². The summed E-state index contributed by atoms with van der Waals surface area (Å²) in [5.41, 5.74) is 2.44. The number of rotatable bonds is 5. The lowest BCUT2D eigenvalue weighted by Crippen LogP contribution is -2.43. The molecule has 0 spiro atoms. The van der Waals surface area contributed by atoms with Crippen molar-refractivity contribution in [3.8, 4) is 6.07 Å². The molecule has 1 saturated carbocycles. The maximum atomic E-state index is 11.9. The van der Waals surface area contributed by atoms with Crippen LogP contribution in [0.4, 0.5) is 5.82 Å². The predicted molar refractivity (Wildman–Crippen MR) is 118 cm³/mol. The molecule has 2 fully saturated rings. The molecule has 0 bridgehead atoms. The van der Waals surface area contributed by atoms with Crippen LogP contribution in [0.1, 0.15) is 31.9 Å². The third-order valence-electron chi connectivity index (χ3n) is 6.78. The molecule has 1 atom stereocenters. The smallest absolute Gasteiger partial charge is 0.222 e. The van der Waals surface area contributed by atoms with Gasteiger partial charge in [0.1, 0.15) is 17.2 Å². The Labute approximate surface area is 187 Å². The van der Waals surface area contributed by atoms with Crippen LogP contribution in [0.2, 0.25) is 0 Å². The molecule has 1 aromatic heterocycles. The van der Waals surface area contributed by atoms with Gasteiger partial charge in [-0.05, 0) is 31.1 Å². The molecule has 1 aromatic rings. The van der Waals surface area contributed by atoms with Crippen LogP contribution in [-0.2, 0) is 19.9 Å². The number of nitriles is 1. The molecule has 0 unspecified atom stereocenters. The van der Waals surface area contributed by atoms with Crippen molar-refractivity contribution in [2.75, 3.05) is 31.8 Å². The molecule has 1 saturated heterocycles. The summed E-state index contributed by atoms with van der Waals surface area (Å²) in [6, 6.07) is 8.58. The van der Waals surface area contributed by atoms with Gasteiger partial charge < -0.3 is 19.7 Å². The number of carbonyl (C=O) groups is 1. The van der Waals surface area contributed by atoms with E-state index in [4.69, 9.17) is 19.7 Å². The van der Waals surface area contributed by atoms with E-state index in [0.717, 1.165) is 42.8 Å². The summed E-state index contributed by atoms with van der Waals surface area (Å²) in [6.07, 6.45) is 8.74. The van der Waals surface area contributed by atoms with Crippen LogP contribution in [0.5, 0.6) is 0 Å². The first-order chi connectivity index (χ1) is 15.5. The Hall–Kier alpha value is -3.15. The molecular formula is C24H27N5O3. The van der Waals surface area contributed by atoms with Gasteiger partial charge in [0.05, 0.1) is 30.0 Å². The normalized spacial score (nSPS) is 28.8. The van der Waals surface area contributed by atoms with E-state index in [1.54, 1.807) is 7.11 Å². The number of anilines is 1. The van der Waals surface area contributed by atoms with Crippen LogP contribution in [0, 0.1) is 17.2 Å². The Kier molecular flexibility index (Phi) is 5.24. The summed E-state index contributed by atoms with van der Waals surface area (Å²) in [5.74, 6) is 1.37. The number of hydrogen-bond donors (Lipinski definition) is 1. The Morgan fingerprint density at radius 1 is 1.41 bits per heavy atom. The van der Waals surface area contributed by atoms with Gasteiger partial charge >= 0.3 is 0 Å². The van der Waals surface area contributed by atoms with E-state index in [1.807, 2.05) is 35.4 Å². The van der Waals surface area contributed by atoms with E-state index in [9.17, 15) is 4.79 Å². The van der Waals surface area contributed by atoms with Gasteiger partial charge in [0.15, 0.2) is 0 Å². The first-order valence-corrected chi connectivity index (χ1v) is 11.0. The predicted octanol–water partition coefficient (Wildman–Crippen LogP) is 2.53. The quantitative estimate of drug-likeness (QED) is 0.763. The molecule has 8 nitrogen and oxygen atoms in total. The fraction of sp³-hybridized carbons (Fsp3) is 0.458. The van der Waals surface area contributed by atoms with Crippen molar-refractivity contribution in [1.29, 1.82) is 5.26 Å². The van der Waals surface area contributed by atoms with Crippen LogP contribution in [-0.4, -0.2) is 48.7 Å². The summed E-state index contributed by atoms with van der Waals surface area (Å²) >= 11 is 0. The standard InChI is InChI=1S/C24H27N5O3/c1-16(30)26-23-12-18-6-8-28(19-10-17(11-19)13-25)20(18)14-29(23)22-5-3-4-21(27-22)24(31-2)7-9-32-15-24/h3-6,12,14,17,19H,7-11,15H2,1-2H3,(H,26,30)/t17?,19?,24-/m0/s1. The molecule has 0 aromatic carbocycles. The fourth-order valence-electron chi connectivity index (χ4n) is 4.84. The topological polar surface area (TPSA) is 90.7 Å². The lowest BCUT2D eigenvalue weighted by Gasteiger charge is -2.41. The highest BCUT2D eigenvalue weighted by atomic mass is 16.5. The van der Waals surface area contributed by atoms with Crippen molar-refractivity contribution in [3.05, 3.63) is 59.3 Å². The van der Waals surface area contributed by atoms with Crippen molar-refractivity contribution in [2.45, 2.75) is 37.8 Å². The first kappa shape index (κ1) is 20.7. The maximum absolute atomic E-state index is 11.9. The number of hydrogen-bond acceptors (Lipinski definition) is 7. The number of nitrogens with zero attached hydrogens (tertiary/aromatic N) is 4. The number of amides is 1. The third kappa shape index (κ3) is 3.48. The number of nitrogens with one attached hydrogen (secondary N) is 1. The zero-order valence-corrected chi connectivity index (χ0v) is 18.4. The molecule has 1 N–H and O–H groups in total. The number of ether oxygens (including phenoxy) is 2. The van der Waals surface area contributed by atoms with E-state index in [0.29, 0.717) is 30.9 Å². The zero-order chi connectivity index (χ0) is 22.3. The van der Waals surface area contributed by atoms with Gasteiger partial charge in [-0.1, -0.05) is 12.1 Å². The largest absolute Gasteiger partial charge is 0.378 e. The summed E-state index contributed by atoms with van der Waals surface area (Å²) < 4.78 is 11.4. The third-order valence-corrected chi connectivity index (χ3v) is 6.78. The van der Waals surface area contributed by atoms with Crippen LogP contribution >= 0.6 is 0 Å². The van der Waals surface area contributed by atoms with E-state index in [1.165, 1.54) is 6.92 Å². The summed E-state index contributed by atoms with van der Waals surface area (Å²) in [5, 5.41) is 12.1. The molecular weight excluding hydrogens is 406 g/mol. The SMILES string of the molecule is CO[C@@]1(c2cccc(N3C=C4C(=CCN4C4CC(C#N)C4)C=C3NC(C)=O)n2)CCOC1. The monoisotopic (exact) mass is 433 g/mol. The number of methoxy groups -OCH3 is 1. The van der Waals surface area contributed by atoms with Crippen LogP contribution in [0.15, 0.2) is 53.6 Å². The van der Waals surface area contributed by atoms with Gasteiger partial charge in [-0.25, -0.2) is 4.98 Å². The summed E-state index contributed by atoms with van der Waals surface area (Å²) in [4.78, 5) is 21.1. The second kappa shape index (κ2) is 8.08. The van der Waals surface area contributed by atoms with E-state index in [2.05, 4.69) is 22.4 Å². The van der Waals surface area contributed by atoms with E-state index < -0.39 is 5.60 Å². The Bertz CT molecular complexity index is 1060. The minimum absolute atomic E-state index is 0.141. The van der Waals surface area contributed by atoms with Crippen molar-refractivity contribution in [2.24, 2.45) is 5.92 Å². The van der Waals surface area contributed by atoms with E-state index >= 15 is 0 Å². The van der Waals surface area contributed by atoms with Crippen molar-refractivity contribution < 1.29 is 14.3 Å². The van der Waals surface area contributed by atoms with E-state index in [-0.39, 0.29) is 11.8 Å². The molecule has 0 radical (unpaired) electrons. The highest BCUT2D eigenvalue weighted by Gasteiger charge is 2.40. The second-order valence-corrected chi connectivity index (χ2v) is 8.74. The lowest BCUT2D eigenvalue weighted by atomic mass is 9.80. The highest BCUT2D eigenvalue weighted by Crippen LogP contribution is 2.40. The van der Waals surface area contributed by atoms with Crippen LogP contribution in [0.3, 0.4) is 0 Å². The minimum Gasteiger partial charge on any atom is -0.378 e. The highest BCUT2D eigenvalue weighted by molar-refractivity contribution is 5.77. The molecule has 1 amide bonds. The summed E-state index contributed by atoms with van der Waals surface area (Å²) in [6.45, 7) is 3.42. The first-order valence-electron chi connectivity index (χ1n) is 11.0. The molecule has 5 rings (SSSR count). The van der Waals surface area contributed by atoms with Gasteiger partial charge in [0.25, 0.3) is 0 Å². The number of aromatic nitrogens is 1. The van der Waals surface area contributed by atoms with Crippen molar-refractivity contribution in [1.82, 2.24) is 15.2 Å². The molecule has 166 valence electrons. The Morgan fingerprint density at radius 3 is 2.94 bits per heavy atom. The van der Waals surface area contributed by atoms with Gasteiger partial charge in [-0.15, -0.1) is 0 Å². The van der Waals surface area contributed by atoms with Gasteiger partial charge in [0.2, 0.25) is 5.91 Å². The number of carbonyl (C=O) groups excluding carboxylic acids is 1. The van der Waals surface area contributed by atoms with Gasteiger partial charge in [-0.3, -0.25) is 9.69 Å². The Morgan fingerprint density at radius 2 is 2.25 bits per heavy atom. The van der Waals surface area contributed by atoms with Crippen molar-refractivity contribution >= 4 is 11.7 Å². The molecule has 1 aliphatic carbocycles. The molecule has 8 heteroatoms. The van der Waals surface area contributed by atoms with Gasteiger partial charge in [0, 0.05) is 51.4 Å². The van der Waals surface area contributed by atoms with Crippen molar-refractivity contribution in [3.63, 3.8) is 0 Å². The molecule has 32 heavy (non-hydrogen) atoms. The number of allylic oxidation sites excluding steroid dienone is 1. The number of pyridine rings is 1. The van der Waals surface area contributed by atoms with Crippen LogP contribution < -0.4 is 10.2 Å². The minimum atomic E-state index is -0.556. The average Bonchev–Trinajstić information content (AvgIpc) is 3.40. The molecule has 3 aliphatic heterocycles. The zero-order valence-electron chi connectivity index (χ0n) is 18.4.